The number of rotatable bonds is 6. The number of anilines is 3. The Balaban J connectivity index is 2.19. The first-order valence-corrected chi connectivity index (χ1v) is 7.16. The SMILES string of the molecule is CCOCc1nc(NC)cc(Nc2ccc(Br)cc2)n1. The molecule has 2 aromatic rings. The minimum Gasteiger partial charge on any atom is -0.374 e. The van der Waals surface area contributed by atoms with Gasteiger partial charge in [-0.15, -0.1) is 0 Å². The molecular weight excluding hydrogens is 320 g/mol. The molecule has 0 aliphatic carbocycles. The summed E-state index contributed by atoms with van der Waals surface area (Å²) in [4.78, 5) is 8.79. The minimum atomic E-state index is 0.404. The van der Waals surface area contributed by atoms with E-state index in [-0.39, 0.29) is 0 Å². The summed E-state index contributed by atoms with van der Waals surface area (Å²) in [6.45, 7) is 2.99. The number of benzene rings is 1. The number of hydrogen-bond donors (Lipinski definition) is 2. The Bertz CT molecular complexity index is 560. The molecule has 0 spiro atoms. The van der Waals surface area contributed by atoms with Crippen LogP contribution in [0.5, 0.6) is 0 Å². The molecular formula is C14H17BrN4O. The van der Waals surface area contributed by atoms with Crippen LogP contribution in [0.25, 0.3) is 0 Å². The van der Waals surface area contributed by atoms with Crippen molar-refractivity contribution in [2.45, 2.75) is 13.5 Å². The van der Waals surface area contributed by atoms with Crippen molar-refractivity contribution in [3.05, 3.63) is 40.6 Å². The van der Waals surface area contributed by atoms with Crippen LogP contribution in [0.2, 0.25) is 0 Å². The smallest absolute Gasteiger partial charge is 0.158 e. The molecule has 0 saturated carbocycles. The van der Waals surface area contributed by atoms with E-state index < -0.39 is 0 Å². The van der Waals surface area contributed by atoms with Crippen LogP contribution >= 0.6 is 15.9 Å². The van der Waals surface area contributed by atoms with E-state index in [1.54, 1.807) is 0 Å². The average Bonchev–Trinajstić information content (AvgIpc) is 2.47. The van der Waals surface area contributed by atoms with Gasteiger partial charge in [0.2, 0.25) is 0 Å². The van der Waals surface area contributed by atoms with Crippen molar-refractivity contribution in [1.82, 2.24) is 9.97 Å². The molecule has 20 heavy (non-hydrogen) atoms. The van der Waals surface area contributed by atoms with E-state index in [1.807, 2.05) is 44.3 Å². The fraction of sp³-hybridized carbons (Fsp3) is 0.286. The molecule has 1 heterocycles. The van der Waals surface area contributed by atoms with Gasteiger partial charge in [0.25, 0.3) is 0 Å². The Morgan fingerprint density at radius 1 is 1.15 bits per heavy atom. The summed E-state index contributed by atoms with van der Waals surface area (Å²) >= 11 is 3.41. The molecule has 6 heteroatoms. The molecule has 0 fully saturated rings. The van der Waals surface area contributed by atoms with Gasteiger partial charge in [-0.3, -0.25) is 0 Å². The molecule has 0 radical (unpaired) electrons. The maximum Gasteiger partial charge on any atom is 0.158 e. The average molecular weight is 337 g/mol. The van der Waals surface area contributed by atoms with E-state index in [0.717, 1.165) is 21.8 Å². The molecule has 0 unspecified atom stereocenters. The van der Waals surface area contributed by atoms with Gasteiger partial charge in [0, 0.05) is 29.9 Å². The van der Waals surface area contributed by atoms with Crippen molar-refractivity contribution in [2.24, 2.45) is 0 Å². The highest BCUT2D eigenvalue weighted by atomic mass is 79.9. The van der Waals surface area contributed by atoms with E-state index in [0.29, 0.717) is 19.0 Å². The number of ether oxygens (including phenoxy) is 1. The van der Waals surface area contributed by atoms with Crippen LogP contribution in [-0.2, 0) is 11.3 Å². The van der Waals surface area contributed by atoms with Gasteiger partial charge >= 0.3 is 0 Å². The van der Waals surface area contributed by atoms with Crippen molar-refractivity contribution in [3.63, 3.8) is 0 Å². The summed E-state index contributed by atoms with van der Waals surface area (Å²) in [5.74, 6) is 2.15. The number of aromatic nitrogens is 2. The molecule has 0 aliphatic rings. The molecule has 1 aromatic carbocycles. The molecule has 2 rings (SSSR count). The van der Waals surface area contributed by atoms with Crippen LogP contribution in [0, 0.1) is 0 Å². The Morgan fingerprint density at radius 3 is 2.50 bits per heavy atom. The topological polar surface area (TPSA) is 59.1 Å². The predicted octanol–water partition coefficient (Wildman–Crippen LogP) is 3.56. The summed E-state index contributed by atoms with van der Waals surface area (Å²) in [6, 6.07) is 9.77. The minimum absolute atomic E-state index is 0.404. The van der Waals surface area contributed by atoms with Gasteiger partial charge in [0.15, 0.2) is 5.82 Å². The zero-order valence-electron chi connectivity index (χ0n) is 11.5. The molecule has 2 N–H and O–H groups in total. The lowest BCUT2D eigenvalue weighted by Gasteiger charge is -2.10. The predicted molar refractivity (Wildman–Crippen MR) is 84.3 cm³/mol. The van der Waals surface area contributed by atoms with Crippen molar-refractivity contribution in [1.29, 1.82) is 0 Å². The number of hydrogen-bond acceptors (Lipinski definition) is 5. The summed E-state index contributed by atoms with van der Waals surface area (Å²) in [5, 5.41) is 6.28. The summed E-state index contributed by atoms with van der Waals surface area (Å²) in [7, 11) is 1.83. The summed E-state index contributed by atoms with van der Waals surface area (Å²) in [6.07, 6.45) is 0. The maximum atomic E-state index is 5.35. The summed E-state index contributed by atoms with van der Waals surface area (Å²) in [5.41, 5.74) is 0.969. The Kier molecular flexibility index (Phi) is 5.31. The van der Waals surface area contributed by atoms with E-state index in [9.17, 15) is 0 Å². The third-order valence-corrected chi connectivity index (χ3v) is 3.11. The van der Waals surface area contributed by atoms with E-state index >= 15 is 0 Å². The lowest BCUT2D eigenvalue weighted by Crippen LogP contribution is -2.05. The molecule has 5 nitrogen and oxygen atoms in total. The first-order chi connectivity index (χ1) is 9.71. The Morgan fingerprint density at radius 2 is 1.85 bits per heavy atom. The van der Waals surface area contributed by atoms with Gasteiger partial charge in [-0.2, -0.15) is 0 Å². The standard InChI is InChI=1S/C14H17BrN4O/c1-3-20-9-14-18-12(16-2)8-13(19-14)17-11-6-4-10(15)5-7-11/h4-8H,3,9H2,1-2H3,(H2,16,17,18,19). The highest BCUT2D eigenvalue weighted by Gasteiger charge is 2.04. The van der Waals surface area contributed by atoms with Gasteiger partial charge in [0.05, 0.1) is 0 Å². The van der Waals surface area contributed by atoms with Crippen molar-refractivity contribution < 1.29 is 4.74 Å². The molecule has 0 atom stereocenters. The monoisotopic (exact) mass is 336 g/mol. The quantitative estimate of drug-likeness (QED) is 0.844. The zero-order chi connectivity index (χ0) is 14.4. The Hall–Kier alpha value is -1.66. The molecule has 0 amide bonds. The van der Waals surface area contributed by atoms with Gasteiger partial charge < -0.3 is 15.4 Å². The van der Waals surface area contributed by atoms with Crippen LogP contribution < -0.4 is 10.6 Å². The third kappa shape index (κ3) is 4.18. The first kappa shape index (κ1) is 14.7. The number of nitrogens with one attached hydrogen (secondary N) is 2. The molecule has 0 aliphatic heterocycles. The van der Waals surface area contributed by atoms with E-state index in [1.165, 1.54) is 0 Å². The highest BCUT2D eigenvalue weighted by Crippen LogP contribution is 2.19. The molecule has 106 valence electrons. The van der Waals surface area contributed by atoms with Gasteiger partial charge in [-0.25, -0.2) is 9.97 Å². The van der Waals surface area contributed by atoms with Crippen LogP contribution in [0.1, 0.15) is 12.7 Å². The fourth-order valence-electron chi connectivity index (χ4n) is 1.63. The highest BCUT2D eigenvalue weighted by molar-refractivity contribution is 9.10. The number of halogens is 1. The van der Waals surface area contributed by atoms with Crippen LogP contribution in [0.4, 0.5) is 17.3 Å². The molecule has 0 bridgehead atoms. The van der Waals surface area contributed by atoms with Crippen molar-refractivity contribution in [2.75, 3.05) is 24.3 Å². The van der Waals surface area contributed by atoms with Crippen LogP contribution in [0.15, 0.2) is 34.8 Å². The van der Waals surface area contributed by atoms with E-state index in [2.05, 4.69) is 36.5 Å². The van der Waals surface area contributed by atoms with Crippen molar-refractivity contribution >= 4 is 33.3 Å². The lowest BCUT2D eigenvalue weighted by atomic mass is 10.3. The van der Waals surface area contributed by atoms with Crippen molar-refractivity contribution in [3.8, 4) is 0 Å². The second-order valence-corrected chi connectivity index (χ2v) is 4.99. The molecule has 0 saturated heterocycles. The lowest BCUT2D eigenvalue weighted by molar-refractivity contribution is 0.128. The van der Waals surface area contributed by atoms with Gasteiger partial charge in [-0.05, 0) is 31.2 Å². The fourth-order valence-corrected chi connectivity index (χ4v) is 1.89. The Labute approximate surface area is 126 Å². The number of nitrogens with zero attached hydrogens (tertiary/aromatic N) is 2. The van der Waals surface area contributed by atoms with Gasteiger partial charge in [0.1, 0.15) is 18.2 Å². The van der Waals surface area contributed by atoms with Crippen LogP contribution in [0.3, 0.4) is 0 Å². The second-order valence-electron chi connectivity index (χ2n) is 4.07. The second kappa shape index (κ2) is 7.21. The maximum absolute atomic E-state index is 5.35. The first-order valence-electron chi connectivity index (χ1n) is 6.37. The third-order valence-electron chi connectivity index (χ3n) is 2.58. The van der Waals surface area contributed by atoms with Crippen LogP contribution in [-0.4, -0.2) is 23.6 Å². The molecule has 1 aromatic heterocycles. The largest absolute Gasteiger partial charge is 0.374 e. The summed E-state index contributed by atoms with van der Waals surface area (Å²) < 4.78 is 6.39. The van der Waals surface area contributed by atoms with E-state index in [4.69, 9.17) is 4.74 Å². The van der Waals surface area contributed by atoms with Gasteiger partial charge in [-0.1, -0.05) is 15.9 Å². The normalized spacial score (nSPS) is 10.3. The zero-order valence-corrected chi connectivity index (χ0v) is 13.1.